The molecule has 1 saturated carbocycles. The molecule has 3 nitrogen and oxygen atoms in total. The molecule has 0 amide bonds. The maximum absolute atomic E-state index is 6.40. The largest absolute Gasteiger partial charge is 0.372 e. The summed E-state index contributed by atoms with van der Waals surface area (Å²) in [7, 11) is 0. The van der Waals surface area contributed by atoms with Crippen LogP contribution >= 0.6 is 0 Å². The summed E-state index contributed by atoms with van der Waals surface area (Å²) in [5.41, 5.74) is 6.74. The van der Waals surface area contributed by atoms with Crippen LogP contribution in [0.15, 0.2) is 0 Å². The lowest BCUT2D eigenvalue weighted by atomic mass is 9.85. The van der Waals surface area contributed by atoms with E-state index in [1.807, 2.05) is 0 Å². The van der Waals surface area contributed by atoms with Gasteiger partial charge in [0.1, 0.15) is 0 Å². The third-order valence-electron chi connectivity index (χ3n) is 5.18. The van der Waals surface area contributed by atoms with Crippen molar-refractivity contribution in [2.24, 2.45) is 17.1 Å². The maximum atomic E-state index is 6.40. The fraction of sp³-hybridized carbons (Fsp3) is 1.00. The highest BCUT2D eigenvalue weighted by atomic mass is 16.5. The number of nitrogens with two attached hydrogens (primary N) is 1. The van der Waals surface area contributed by atoms with Gasteiger partial charge in [0.25, 0.3) is 0 Å². The molecule has 2 aliphatic heterocycles. The Balaban J connectivity index is 1.57. The van der Waals surface area contributed by atoms with Crippen molar-refractivity contribution in [1.29, 1.82) is 0 Å². The van der Waals surface area contributed by atoms with Crippen molar-refractivity contribution in [3.05, 3.63) is 0 Å². The first kappa shape index (κ1) is 11.9. The minimum atomic E-state index is 0.343. The Kier molecular flexibility index (Phi) is 2.96. The van der Waals surface area contributed by atoms with Gasteiger partial charge in [-0.3, -0.25) is 4.90 Å². The van der Waals surface area contributed by atoms with Gasteiger partial charge >= 0.3 is 0 Å². The average molecular weight is 238 g/mol. The van der Waals surface area contributed by atoms with Crippen LogP contribution in [0.25, 0.3) is 0 Å². The Hall–Kier alpha value is -0.120. The molecule has 1 aliphatic carbocycles. The molecule has 17 heavy (non-hydrogen) atoms. The molecule has 2 bridgehead atoms. The fourth-order valence-electron chi connectivity index (χ4n) is 3.93. The van der Waals surface area contributed by atoms with E-state index in [1.165, 1.54) is 32.2 Å². The van der Waals surface area contributed by atoms with Gasteiger partial charge in [0.2, 0.25) is 0 Å². The summed E-state index contributed by atoms with van der Waals surface area (Å²) in [6, 6.07) is 0.378. The van der Waals surface area contributed by atoms with Crippen LogP contribution in [0.3, 0.4) is 0 Å². The Labute approximate surface area is 105 Å². The molecule has 0 aromatic rings. The minimum absolute atomic E-state index is 0.343. The summed E-state index contributed by atoms with van der Waals surface area (Å²) in [5, 5.41) is 0. The molecule has 4 unspecified atom stereocenters. The summed E-state index contributed by atoms with van der Waals surface area (Å²) in [5.74, 6) is 0.697. The first-order chi connectivity index (χ1) is 8.04. The molecular weight excluding hydrogens is 212 g/mol. The van der Waals surface area contributed by atoms with Gasteiger partial charge in [0, 0.05) is 25.7 Å². The van der Waals surface area contributed by atoms with Crippen LogP contribution in [-0.4, -0.2) is 42.8 Å². The number of fused-ring (bicyclic) bond motifs is 2. The van der Waals surface area contributed by atoms with Crippen molar-refractivity contribution in [2.75, 3.05) is 19.6 Å². The molecule has 3 fully saturated rings. The Morgan fingerprint density at radius 2 is 1.82 bits per heavy atom. The molecule has 0 aromatic carbocycles. The molecule has 2 saturated heterocycles. The number of ether oxygens (including phenoxy) is 1. The molecule has 3 heteroatoms. The molecular formula is C14H26N2O. The first-order valence-electron chi connectivity index (χ1n) is 7.18. The van der Waals surface area contributed by atoms with E-state index in [2.05, 4.69) is 18.7 Å². The van der Waals surface area contributed by atoms with Crippen molar-refractivity contribution in [1.82, 2.24) is 4.90 Å². The van der Waals surface area contributed by atoms with E-state index in [0.29, 0.717) is 29.6 Å². The van der Waals surface area contributed by atoms with Crippen LogP contribution in [0.4, 0.5) is 0 Å². The quantitative estimate of drug-likeness (QED) is 0.794. The summed E-state index contributed by atoms with van der Waals surface area (Å²) in [6.07, 6.45) is 6.16. The molecule has 2 heterocycles. The lowest BCUT2D eigenvalue weighted by Crippen LogP contribution is -2.48. The number of hydrogen-bond donors (Lipinski definition) is 1. The number of hydrogen-bond acceptors (Lipinski definition) is 3. The number of nitrogens with zero attached hydrogens (tertiary/aromatic N) is 1. The minimum Gasteiger partial charge on any atom is -0.372 e. The van der Waals surface area contributed by atoms with Gasteiger partial charge in [-0.15, -0.1) is 0 Å². The molecule has 3 aliphatic rings. The standard InChI is InChI=1S/C14H26N2O/c1-14(2)6-5-10(13(14)15)7-16-8-11-3-4-12(9-16)17-11/h10-13H,3-9,15H2,1-2H3. The van der Waals surface area contributed by atoms with E-state index >= 15 is 0 Å². The summed E-state index contributed by atoms with van der Waals surface area (Å²) < 4.78 is 5.89. The van der Waals surface area contributed by atoms with Gasteiger partial charge in [-0.1, -0.05) is 13.8 Å². The summed E-state index contributed by atoms with van der Waals surface area (Å²) in [6.45, 7) is 8.11. The van der Waals surface area contributed by atoms with Crippen molar-refractivity contribution in [3.8, 4) is 0 Å². The normalized spacial score (nSPS) is 45.4. The Bertz CT molecular complexity index is 280. The predicted octanol–water partition coefficient (Wildman–Crippen LogP) is 1.61. The highest BCUT2D eigenvalue weighted by Crippen LogP contribution is 2.40. The van der Waals surface area contributed by atoms with E-state index in [9.17, 15) is 0 Å². The van der Waals surface area contributed by atoms with Crippen LogP contribution in [0, 0.1) is 11.3 Å². The molecule has 3 rings (SSSR count). The second-order valence-electron chi connectivity index (χ2n) is 6.99. The molecule has 4 atom stereocenters. The van der Waals surface area contributed by atoms with Crippen molar-refractivity contribution in [2.45, 2.75) is 57.8 Å². The van der Waals surface area contributed by atoms with Crippen LogP contribution in [0.5, 0.6) is 0 Å². The van der Waals surface area contributed by atoms with E-state index in [-0.39, 0.29) is 0 Å². The lowest BCUT2D eigenvalue weighted by Gasteiger charge is -2.35. The SMILES string of the molecule is CC1(C)CCC(CN2CC3CCC(C2)O3)C1N. The molecule has 0 aromatic heterocycles. The van der Waals surface area contributed by atoms with Crippen molar-refractivity contribution < 1.29 is 4.74 Å². The number of morpholine rings is 1. The summed E-state index contributed by atoms with van der Waals surface area (Å²) >= 11 is 0. The zero-order valence-corrected chi connectivity index (χ0v) is 11.2. The maximum Gasteiger partial charge on any atom is 0.0707 e. The molecule has 0 radical (unpaired) electrons. The topological polar surface area (TPSA) is 38.5 Å². The zero-order chi connectivity index (χ0) is 12.0. The molecule has 98 valence electrons. The van der Waals surface area contributed by atoms with Gasteiger partial charge in [-0.2, -0.15) is 0 Å². The van der Waals surface area contributed by atoms with Crippen LogP contribution in [-0.2, 0) is 4.74 Å². The highest BCUT2D eigenvalue weighted by molar-refractivity contribution is 4.96. The van der Waals surface area contributed by atoms with Gasteiger partial charge < -0.3 is 10.5 Å². The predicted molar refractivity (Wildman–Crippen MR) is 68.8 cm³/mol. The third kappa shape index (κ3) is 2.25. The van der Waals surface area contributed by atoms with Gasteiger partial charge in [-0.05, 0) is 37.0 Å². The van der Waals surface area contributed by atoms with Crippen LogP contribution in [0.2, 0.25) is 0 Å². The van der Waals surface area contributed by atoms with E-state index in [1.54, 1.807) is 0 Å². The lowest BCUT2D eigenvalue weighted by molar-refractivity contribution is -0.0432. The number of rotatable bonds is 2. The summed E-state index contributed by atoms with van der Waals surface area (Å²) in [4.78, 5) is 2.61. The van der Waals surface area contributed by atoms with E-state index in [4.69, 9.17) is 10.5 Å². The molecule has 0 spiro atoms. The van der Waals surface area contributed by atoms with Crippen molar-refractivity contribution in [3.63, 3.8) is 0 Å². The third-order valence-corrected chi connectivity index (χ3v) is 5.18. The molecule has 2 N–H and O–H groups in total. The fourth-order valence-corrected chi connectivity index (χ4v) is 3.93. The van der Waals surface area contributed by atoms with Crippen LogP contribution < -0.4 is 5.73 Å². The monoisotopic (exact) mass is 238 g/mol. The smallest absolute Gasteiger partial charge is 0.0707 e. The van der Waals surface area contributed by atoms with Gasteiger partial charge in [-0.25, -0.2) is 0 Å². The van der Waals surface area contributed by atoms with E-state index < -0.39 is 0 Å². The Morgan fingerprint density at radius 1 is 1.18 bits per heavy atom. The number of likely N-dealkylation sites (tertiary alicyclic amines) is 1. The highest BCUT2D eigenvalue weighted by Gasteiger charge is 2.41. The second-order valence-corrected chi connectivity index (χ2v) is 6.99. The van der Waals surface area contributed by atoms with Gasteiger partial charge in [0.15, 0.2) is 0 Å². The first-order valence-corrected chi connectivity index (χ1v) is 7.18. The van der Waals surface area contributed by atoms with E-state index in [0.717, 1.165) is 13.1 Å². The van der Waals surface area contributed by atoms with Crippen molar-refractivity contribution >= 4 is 0 Å². The zero-order valence-electron chi connectivity index (χ0n) is 11.2. The van der Waals surface area contributed by atoms with Crippen LogP contribution in [0.1, 0.15) is 39.5 Å². The van der Waals surface area contributed by atoms with Gasteiger partial charge in [0.05, 0.1) is 12.2 Å². The average Bonchev–Trinajstić information content (AvgIpc) is 2.73. The second kappa shape index (κ2) is 4.22. The Morgan fingerprint density at radius 3 is 2.35 bits per heavy atom.